The van der Waals surface area contributed by atoms with E-state index in [1.807, 2.05) is 0 Å². The summed E-state index contributed by atoms with van der Waals surface area (Å²) in [4.78, 5) is 11.1. The Morgan fingerprint density at radius 2 is 1.88 bits per heavy atom. The Morgan fingerprint density at radius 1 is 1.15 bits per heavy atom. The van der Waals surface area contributed by atoms with E-state index in [0.717, 1.165) is 0 Å². The average Bonchev–Trinajstić information content (AvgIpc) is 2.61. The largest absolute Gasteiger partial charge is 0.508 e. The Labute approximate surface area is 150 Å². The van der Waals surface area contributed by atoms with E-state index in [2.05, 4.69) is 4.74 Å². The Morgan fingerprint density at radius 3 is 2.54 bits per heavy atom. The maximum absolute atomic E-state index is 11.1. The van der Waals surface area contributed by atoms with Gasteiger partial charge in [0.15, 0.2) is 0 Å². The molecule has 1 aliphatic heterocycles. The molecule has 1 heterocycles. The molecule has 0 aliphatic carbocycles. The van der Waals surface area contributed by atoms with Crippen LogP contribution in [0.4, 0.5) is 0 Å². The van der Waals surface area contributed by atoms with E-state index >= 15 is 0 Å². The van der Waals surface area contributed by atoms with E-state index in [1.165, 1.54) is 19.2 Å². The van der Waals surface area contributed by atoms with Gasteiger partial charge >= 0.3 is 5.97 Å². The van der Waals surface area contributed by atoms with Crippen LogP contribution in [-0.2, 0) is 20.7 Å². The van der Waals surface area contributed by atoms with Gasteiger partial charge in [-0.2, -0.15) is 0 Å². The molecular formula is C17H24O9. The number of benzene rings is 1. The smallest absolute Gasteiger partial charge is 0.305 e. The summed E-state index contributed by atoms with van der Waals surface area (Å²) >= 11 is 0. The first kappa shape index (κ1) is 20.4. The Balaban J connectivity index is 2.05. The Bertz CT molecular complexity index is 604. The molecule has 26 heavy (non-hydrogen) atoms. The lowest BCUT2D eigenvalue weighted by atomic mass is 9.99. The molecule has 1 saturated heterocycles. The molecule has 0 amide bonds. The molecule has 2 rings (SSSR count). The number of rotatable bonds is 7. The average molecular weight is 372 g/mol. The van der Waals surface area contributed by atoms with Crippen molar-refractivity contribution in [1.29, 1.82) is 0 Å². The Hall–Kier alpha value is -1.91. The molecule has 1 fully saturated rings. The number of carbonyl (C=O) groups excluding carboxylic acids is 1. The van der Waals surface area contributed by atoms with E-state index in [4.69, 9.17) is 9.47 Å². The van der Waals surface area contributed by atoms with Gasteiger partial charge in [-0.1, -0.05) is 0 Å². The van der Waals surface area contributed by atoms with Gasteiger partial charge in [0.1, 0.15) is 35.9 Å². The lowest BCUT2D eigenvalue weighted by Crippen LogP contribution is -2.60. The van der Waals surface area contributed by atoms with Crippen molar-refractivity contribution in [2.75, 3.05) is 13.7 Å². The van der Waals surface area contributed by atoms with Crippen molar-refractivity contribution in [1.82, 2.24) is 0 Å². The van der Waals surface area contributed by atoms with Crippen LogP contribution in [-0.4, -0.2) is 75.9 Å². The van der Waals surface area contributed by atoms with Gasteiger partial charge in [0.2, 0.25) is 6.29 Å². The van der Waals surface area contributed by atoms with Crippen LogP contribution in [0.5, 0.6) is 11.5 Å². The van der Waals surface area contributed by atoms with Crippen LogP contribution in [0.25, 0.3) is 0 Å². The number of hydrogen-bond donors (Lipinski definition) is 5. The number of aliphatic hydroxyl groups is 4. The van der Waals surface area contributed by atoms with E-state index in [-0.39, 0.29) is 23.9 Å². The Kier molecular flexibility index (Phi) is 7.18. The predicted molar refractivity (Wildman–Crippen MR) is 87.5 cm³/mol. The zero-order valence-electron chi connectivity index (χ0n) is 14.3. The fourth-order valence-electron chi connectivity index (χ4n) is 2.69. The highest BCUT2D eigenvalue weighted by atomic mass is 16.7. The topological polar surface area (TPSA) is 146 Å². The van der Waals surface area contributed by atoms with Gasteiger partial charge in [-0.25, -0.2) is 0 Å². The maximum Gasteiger partial charge on any atom is 0.305 e. The molecule has 1 aliphatic rings. The molecule has 1 aromatic carbocycles. The molecule has 0 radical (unpaired) electrons. The number of ether oxygens (including phenoxy) is 3. The summed E-state index contributed by atoms with van der Waals surface area (Å²) < 4.78 is 15.3. The quantitative estimate of drug-likeness (QED) is 0.383. The minimum atomic E-state index is -1.55. The van der Waals surface area contributed by atoms with Gasteiger partial charge in [-0.05, 0) is 30.5 Å². The van der Waals surface area contributed by atoms with E-state index in [0.29, 0.717) is 18.4 Å². The molecule has 146 valence electrons. The number of aliphatic hydroxyl groups excluding tert-OH is 4. The van der Waals surface area contributed by atoms with Crippen molar-refractivity contribution in [3.05, 3.63) is 23.8 Å². The second-order valence-corrected chi connectivity index (χ2v) is 6.08. The van der Waals surface area contributed by atoms with Crippen LogP contribution >= 0.6 is 0 Å². The molecule has 5 atom stereocenters. The third-order valence-corrected chi connectivity index (χ3v) is 4.13. The molecule has 9 nitrogen and oxygen atoms in total. The zero-order valence-corrected chi connectivity index (χ0v) is 14.3. The van der Waals surface area contributed by atoms with Gasteiger partial charge in [-0.15, -0.1) is 0 Å². The van der Waals surface area contributed by atoms with Gasteiger partial charge in [0, 0.05) is 12.5 Å². The minimum Gasteiger partial charge on any atom is -0.508 e. The lowest BCUT2D eigenvalue weighted by Gasteiger charge is -2.39. The highest BCUT2D eigenvalue weighted by Crippen LogP contribution is 2.28. The van der Waals surface area contributed by atoms with Crippen LogP contribution in [0, 0.1) is 0 Å². The zero-order chi connectivity index (χ0) is 19.3. The van der Waals surface area contributed by atoms with E-state index < -0.39 is 37.3 Å². The first-order valence-corrected chi connectivity index (χ1v) is 8.22. The highest BCUT2D eigenvalue weighted by molar-refractivity contribution is 5.69. The van der Waals surface area contributed by atoms with Crippen LogP contribution in [0.3, 0.4) is 0 Å². The number of phenols is 1. The molecule has 0 spiro atoms. The van der Waals surface area contributed by atoms with Gasteiger partial charge < -0.3 is 39.7 Å². The molecule has 9 heteroatoms. The molecule has 5 N–H and O–H groups in total. The predicted octanol–water partition coefficient (Wildman–Crippen LogP) is -0.933. The number of methoxy groups -OCH3 is 1. The van der Waals surface area contributed by atoms with Crippen molar-refractivity contribution in [2.45, 2.75) is 50.0 Å². The van der Waals surface area contributed by atoms with Crippen molar-refractivity contribution in [3.8, 4) is 11.5 Å². The standard InChI is InChI=1S/C17H24O9/c1-24-13(20)4-2-3-9-5-10(19)7-11(6-9)25-17-16(23)15(22)14(21)12(8-18)26-17/h5-7,12,14-19,21-23H,2-4,8H2,1H3/t12-,14-,15+,16-,17-/m1/s1. The van der Waals surface area contributed by atoms with Gasteiger partial charge in [-0.3, -0.25) is 4.79 Å². The number of esters is 1. The van der Waals surface area contributed by atoms with Crippen molar-refractivity contribution in [2.24, 2.45) is 0 Å². The van der Waals surface area contributed by atoms with Crippen LogP contribution in [0.15, 0.2) is 18.2 Å². The van der Waals surface area contributed by atoms with Crippen LogP contribution in [0.2, 0.25) is 0 Å². The third-order valence-electron chi connectivity index (χ3n) is 4.13. The molecule has 0 saturated carbocycles. The number of carbonyl (C=O) groups is 1. The summed E-state index contributed by atoms with van der Waals surface area (Å²) in [5.41, 5.74) is 0.688. The second-order valence-electron chi connectivity index (χ2n) is 6.08. The number of hydrogen-bond acceptors (Lipinski definition) is 9. The molecule has 0 aromatic heterocycles. The molecule has 0 unspecified atom stereocenters. The molecular weight excluding hydrogens is 348 g/mol. The van der Waals surface area contributed by atoms with Crippen LogP contribution < -0.4 is 4.74 Å². The fraction of sp³-hybridized carbons (Fsp3) is 0.588. The second kappa shape index (κ2) is 9.15. The summed E-state index contributed by atoms with van der Waals surface area (Å²) in [5, 5.41) is 48.6. The third kappa shape index (κ3) is 5.05. The normalized spacial score (nSPS) is 28.6. The lowest BCUT2D eigenvalue weighted by molar-refractivity contribution is -0.277. The first-order chi connectivity index (χ1) is 12.3. The number of aryl methyl sites for hydroxylation is 1. The van der Waals surface area contributed by atoms with E-state index in [9.17, 15) is 30.3 Å². The SMILES string of the molecule is COC(=O)CCCc1cc(O)cc(O[C@@H]2O[C@H](CO)[C@@H](O)[C@H](O)[C@H]2O)c1. The fourth-order valence-corrected chi connectivity index (χ4v) is 2.69. The van der Waals surface area contributed by atoms with Crippen LogP contribution in [0.1, 0.15) is 18.4 Å². The minimum absolute atomic E-state index is 0.0832. The first-order valence-electron chi connectivity index (χ1n) is 8.22. The summed E-state index contributed by atoms with van der Waals surface area (Å²) in [6.45, 7) is -0.566. The van der Waals surface area contributed by atoms with Gasteiger partial charge in [0.05, 0.1) is 13.7 Å². The summed E-state index contributed by atoms with van der Waals surface area (Å²) in [6.07, 6.45) is -5.78. The number of aromatic hydroxyl groups is 1. The van der Waals surface area contributed by atoms with E-state index in [1.54, 1.807) is 6.07 Å². The number of phenolic OH excluding ortho intramolecular Hbond substituents is 1. The van der Waals surface area contributed by atoms with Crippen molar-refractivity contribution >= 4 is 5.97 Å². The van der Waals surface area contributed by atoms with Gasteiger partial charge in [0.25, 0.3) is 0 Å². The molecule has 1 aromatic rings. The summed E-state index contributed by atoms with van der Waals surface area (Å²) in [6, 6.07) is 4.40. The highest BCUT2D eigenvalue weighted by Gasteiger charge is 2.44. The summed E-state index contributed by atoms with van der Waals surface area (Å²) in [5.74, 6) is -0.245. The van der Waals surface area contributed by atoms with Crippen molar-refractivity contribution < 1.29 is 44.5 Å². The maximum atomic E-state index is 11.1. The van der Waals surface area contributed by atoms with Crippen molar-refractivity contribution in [3.63, 3.8) is 0 Å². The summed E-state index contributed by atoms with van der Waals surface area (Å²) in [7, 11) is 1.31. The molecule has 0 bridgehead atoms. The monoisotopic (exact) mass is 372 g/mol.